The summed E-state index contributed by atoms with van der Waals surface area (Å²) in [6, 6.07) is 0. The number of hydrogen-bond acceptors (Lipinski definition) is 4. The number of nitrogens with two attached hydrogens (primary N) is 1. The molecule has 2 rings (SSSR count). The van der Waals surface area contributed by atoms with Gasteiger partial charge in [-0.15, -0.1) is 0 Å². The highest BCUT2D eigenvalue weighted by Gasteiger charge is 2.23. The van der Waals surface area contributed by atoms with Crippen molar-refractivity contribution in [3.63, 3.8) is 0 Å². The summed E-state index contributed by atoms with van der Waals surface area (Å²) in [6.07, 6.45) is 6.07. The average Bonchev–Trinajstić information content (AvgIpc) is 2.30. The van der Waals surface area contributed by atoms with Crippen LogP contribution in [-0.2, 0) is 4.74 Å². The third-order valence-electron chi connectivity index (χ3n) is 3.00. The molecule has 5 heteroatoms. The second kappa shape index (κ2) is 5.69. The van der Waals surface area contributed by atoms with Crippen LogP contribution in [0.1, 0.15) is 19.8 Å². The van der Waals surface area contributed by atoms with Crippen molar-refractivity contribution in [2.75, 3.05) is 30.3 Å². The number of piperidine rings is 1. The molecule has 1 aliphatic rings. The molecule has 1 unspecified atom stereocenters. The molecule has 0 aromatic carbocycles. The van der Waals surface area contributed by atoms with E-state index in [1.807, 2.05) is 6.92 Å². The minimum Gasteiger partial charge on any atom is -0.396 e. The van der Waals surface area contributed by atoms with Gasteiger partial charge in [-0.1, -0.05) is 0 Å². The molecular weight excluding hydrogens is 282 g/mol. The number of nitrogens with zero attached hydrogens (tertiary/aromatic N) is 2. The van der Waals surface area contributed by atoms with Gasteiger partial charge in [0.05, 0.1) is 28.1 Å². The van der Waals surface area contributed by atoms with E-state index in [0.717, 1.165) is 48.4 Å². The lowest BCUT2D eigenvalue weighted by molar-refractivity contribution is 0.0527. The van der Waals surface area contributed by atoms with Crippen molar-refractivity contribution in [3.8, 4) is 0 Å². The maximum atomic E-state index is 6.00. The fourth-order valence-corrected chi connectivity index (χ4v) is 2.89. The molecule has 0 saturated carbocycles. The second-order valence-electron chi connectivity index (χ2n) is 4.22. The first kappa shape index (κ1) is 12.6. The number of rotatable bonds is 3. The molecule has 0 radical (unpaired) electrons. The standard InChI is InChI=1S/C12H18BrN3O/c1-2-17-9-4-3-5-16(8-9)12-10(13)6-15-7-11(12)14/h6-7,9H,2-5,8,14H2,1H3. The number of aromatic nitrogens is 1. The Morgan fingerprint density at radius 3 is 3.12 bits per heavy atom. The van der Waals surface area contributed by atoms with E-state index in [-0.39, 0.29) is 0 Å². The molecule has 1 atom stereocenters. The van der Waals surface area contributed by atoms with Crippen molar-refractivity contribution in [1.29, 1.82) is 0 Å². The van der Waals surface area contributed by atoms with Gasteiger partial charge in [0.2, 0.25) is 0 Å². The number of pyridine rings is 1. The molecule has 0 amide bonds. The Morgan fingerprint density at radius 2 is 2.41 bits per heavy atom. The Hall–Kier alpha value is -0.810. The molecule has 2 heterocycles. The van der Waals surface area contributed by atoms with Crippen LogP contribution in [0.4, 0.5) is 11.4 Å². The number of halogens is 1. The van der Waals surface area contributed by atoms with Crippen molar-refractivity contribution in [2.45, 2.75) is 25.9 Å². The van der Waals surface area contributed by atoms with Gasteiger partial charge in [-0.3, -0.25) is 4.98 Å². The molecule has 1 fully saturated rings. The molecule has 0 aliphatic carbocycles. The maximum Gasteiger partial charge on any atom is 0.0776 e. The minimum atomic E-state index is 0.313. The average molecular weight is 300 g/mol. The minimum absolute atomic E-state index is 0.313. The SMILES string of the molecule is CCOC1CCCN(c2c(N)cncc2Br)C1. The third-order valence-corrected chi connectivity index (χ3v) is 3.58. The fraction of sp³-hybridized carbons (Fsp3) is 0.583. The van der Waals surface area contributed by atoms with E-state index < -0.39 is 0 Å². The summed E-state index contributed by atoms with van der Waals surface area (Å²) < 4.78 is 6.65. The zero-order chi connectivity index (χ0) is 12.3. The lowest BCUT2D eigenvalue weighted by Gasteiger charge is -2.35. The van der Waals surface area contributed by atoms with Gasteiger partial charge in [0.1, 0.15) is 0 Å². The molecule has 1 aromatic heterocycles. The van der Waals surface area contributed by atoms with Crippen molar-refractivity contribution < 1.29 is 4.74 Å². The van der Waals surface area contributed by atoms with Gasteiger partial charge < -0.3 is 15.4 Å². The maximum absolute atomic E-state index is 6.00. The van der Waals surface area contributed by atoms with Gasteiger partial charge in [-0.2, -0.15) is 0 Å². The van der Waals surface area contributed by atoms with Crippen LogP contribution in [0.5, 0.6) is 0 Å². The quantitative estimate of drug-likeness (QED) is 0.931. The van der Waals surface area contributed by atoms with Gasteiger partial charge in [0, 0.05) is 25.9 Å². The molecule has 2 N–H and O–H groups in total. The van der Waals surface area contributed by atoms with Crippen molar-refractivity contribution >= 4 is 27.3 Å². The summed E-state index contributed by atoms with van der Waals surface area (Å²) in [4.78, 5) is 6.35. The van der Waals surface area contributed by atoms with Gasteiger partial charge in [0.25, 0.3) is 0 Å². The van der Waals surface area contributed by atoms with Crippen LogP contribution in [0.3, 0.4) is 0 Å². The normalized spacial score (nSPS) is 20.6. The predicted molar refractivity (Wildman–Crippen MR) is 73.2 cm³/mol. The Balaban J connectivity index is 2.16. The monoisotopic (exact) mass is 299 g/mol. The van der Waals surface area contributed by atoms with Crippen molar-refractivity contribution in [3.05, 3.63) is 16.9 Å². The van der Waals surface area contributed by atoms with Gasteiger partial charge >= 0.3 is 0 Å². The van der Waals surface area contributed by atoms with Gasteiger partial charge in [0.15, 0.2) is 0 Å². The lowest BCUT2D eigenvalue weighted by atomic mass is 10.1. The Labute approximate surface area is 110 Å². The van der Waals surface area contributed by atoms with E-state index in [1.54, 1.807) is 12.4 Å². The topological polar surface area (TPSA) is 51.4 Å². The first-order chi connectivity index (χ1) is 8.22. The fourth-order valence-electron chi connectivity index (χ4n) is 2.29. The molecule has 94 valence electrons. The molecule has 17 heavy (non-hydrogen) atoms. The van der Waals surface area contributed by atoms with E-state index in [9.17, 15) is 0 Å². The molecular formula is C12H18BrN3O. The lowest BCUT2D eigenvalue weighted by Crippen LogP contribution is -2.40. The Morgan fingerprint density at radius 1 is 1.59 bits per heavy atom. The largest absolute Gasteiger partial charge is 0.396 e. The first-order valence-electron chi connectivity index (χ1n) is 5.98. The zero-order valence-electron chi connectivity index (χ0n) is 10.0. The van der Waals surface area contributed by atoms with E-state index >= 15 is 0 Å². The summed E-state index contributed by atoms with van der Waals surface area (Å²) in [7, 11) is 0. The van der Waals surface area contributed by atoms with Crippen LogP contribution in [0.25, 0.3) is 0 Å². The van der Waals surface area contributed by atoms with Crippen LogP contribution in [0.2, 0.25) is 0 Å². The van der Waals surface area contributed by atoms with E-state index in [1.165, 1.54) is 0 Å². The Bertz CT molecular complexity index is 364. The van der Waals surface area contributed by atoms with E-state index in [2.05, 4.69) is 25.8 Å². The summed E-state index contributed by atoms with van der Waals surface area (Å²) in [5.41, 5.74) is 7.76. The predicted octanol–water partition coefficient (Wildman–Crippen LogP) is 2.43. The molecule has 0 spiro atoms. The van der Waals surface area contributed by atoms with Crippen molar-refractivity contribution in [2.24, 2.45) is 0 Å². The van der Waals surface area contributed by atoms with Gasteiger partial charge in [-0.25, -0.2) is 0 Å². The third kappa shape index (κ3) is 2.90. The highest BCUT2D eigenvalue weighted by Crippen LogP contribution is 2.33. The molecule has 1 aromatic rings. The smallest absolute Gasteiger partial charge is 0.0776 e. The summed E-state index contributed by atoms with van der Waals surface area (Å²) >= 11 is 3.52. The van der Waals surface area contributed by atoms with Gasteiger partial charge in [-0.05, 0) is 35.7 Å². The second-order valence-corrected chi connectivity index (χ2v) is 5.08. The molecule has 1 aliphatic heterocycles. The summed E-state index contributed by atoms with van der Waals surface area (Å²) in [6.45, 7) is 4.73. The van der Waals surface area contributed by atoms with Crippen molar-refractivity contribution in [1.82, 2.24) is 4.98 Å². The summed E-state index contributed by atoms with van der Waals surface area (Å²) in [5.74, 6) is 0. The molecule has 1 saturated heterocycles. The summed E-state index contributed by atoms with van der Waals surface area (Å²) in [5, 5.41) is 0. The highest BCUT2D eigenvalue weighted by molar-refractivity contribution is 9.10. The number of anilines is 2. The molecule has 4 nitrogen and oxygen atoms in total. The van der Waals surface area contributed by atoms with Crippen LogP contribution in [0.15, 0.2) is 16.9 Å². The van der Waals surface area contributed by atoms with Crippen LogP contribution >= 0.6 is 15.9 Å². The molecule has 0 bridgehead atoms. The van der Waals surface area contributed by atoms with Crippen LogP contribution in [-0.4, -0.2) is 30.8 Å². The van der Waals surface area contributed by atoms with Crippen LogP contribution in [0, 0.1) is 0 Å². The number of nitrogen functional groups attached to an aromatic ring is 1. The van der Waals surface area contributed by atoms with E-state index in [0.29, 0.717) is 6.10 Å². The zero-order valence-corrected chi connectivity index (χ0v) is 11.6. The first-order valence-corrected chi connectivity index (χ1v) is 6.77. The number of ether oxygens (including phenoxy) is 1. The number of hydrogen-bond donors (Lipinski definition) is 1. The van der Waals surface area contributed by atoms with E-state index in [4.69, 9.17) is 10.5 Å². The van der Waals surface area contributed by atoms with Crippen LogP contribution < -0.4 is 10.6 Å². The highest BCUT2D eigenvalue weighted by atomic mass is 79.9. The Kier molecular flexibility index (Phi) is 4.23.